The van der Waals surface area contributed by atoms with Crippen molar-refractivity contribution in [3.8, 4) is 0 Å². The minimum atomic E-state index is -0.901. The Balaban J connectivity index is 2.11. The van der Waals surface area contributed by atoms with Crippen molar-refractivity contribution in [2.45, 2.75) is 32.7 Å². The zero-order valence-corrected chi connectivity index (χ0v) is 12.2. The number of benzene rings is 1. The van der Waals surface area contributed by atoms with E-state index in [1.54, 1.807) is 6.08 Å². The largest absolute Gasteiger partial charge is 0.478 e. The van der Waals surface area contributed by atoms with E-state index in [0.717, 1.165) is 30.9 Å². The van der Waals surface area contributed by atoms with E-state index in [1.165, 1.54) is 11.6 Å². The van der Waals surface area contributed by atoms with Crippen molar-refractivity contribution in [3.63, 3.8) is 0 Å². The van der Waals surface area contributed by atoms with Crippen LogP contribution in [0.5, 0.6) is 0 Å². The van der Waals surface area contributed by atoms with E-state index in [0.29, 0.717) is 6.42 Å². The Morgan fingerprint density at radius 3 is 2.76 bits per heavy atom. The molecule has 0 fully saturated rings. The highest BCUT2D eigenvalue weighted by Crippen LogP contribution is 2.13. The average molecular weight is 284 g/mol. The van der Waals surface area contributed by atoms with Crippen LogP contribution in [0.4, 0.5) is 0 Å². The third kappa shape index (κ3) is 4.31. The van der Waals surface area contributed by atoms with Gasteiger partial charge in [0.05, 0.1) is 0 Å². The van der Waals surface area contributed by atoms with Crippen molar-refractivity contribution in [1.29, 1.82) is 0 Å². The quantitative estimate of drug-likeness (QED) is 0.795. The highest BCUT2D eigenvalue weighted by Gasteiger charge is 2.08. The topological polar surface area (TPSA) is 55.1 Å². The molecule has 1 aromatic heterocycles. The lowest BCUT2D eigenvalue weighted by atomic mass is 10.2. The fourth-order valence-electron chi connectivity index (χ4n) is 2.31. The summed E-state index contributed by atoms with van der Waals surface area (Å²) in [6.45, 7) is 2.90. The van der Waals surface area contributed by atoms with E-state index in [9.17, 15) is 4.79 Å². The van der Waals surface area contributed by atoms with E-state index in [2.05, 4.69) is 28.6 Å². The summed E-state index contributed by atoms with van der Waals surface area (Å²) < 4.78 is 2.23. The molecule has 0 bridgehead atoms. The average Bonchev–Trinajstić information content (AvgIpc) is 2.86. The van der Waals surface area contributed by atoms with Crippen LogP contribution in [0.3, 0.4) is 0 Å². The molecular formula is C17H20N2O2. The normalized spacial score (nSPS) is 11.1. The second kappa shape index (κ2) is 7.43. The smallest absolute Gasteiger partial charge is 0.327 e. The van der Waals surface area contributed by atoms with Gasteiger partial charge in [-0.2, -0.15) is 0 Å². The van der Waals surface area contributed by atoms with Gasteiger partial charge < -0.3 is 9.67 Å². The van der Waals surface area contributed by atoms with E-state index >= 15 is 0 Å². The minimum absolute atomic E-state index is 0.704. The molecule has 0 saturated carbocycles. The van der Waals surface area contributed by atoms with Gasteiger partial charge in [0.25, 0.3) is 0 Å². The lowest BCUT2D eigenvalue weighted by Gasteiger charge is -2.11. The first-order valence-electron chi connectivity index (χ1n) is 7.17. The number of aliphatic carboxylic acids is 1. The van der Waals surface area contributed by atoms with Gasteiger partial charge in [0.1, 0.15) is 5.82 Å². The fraction of sp³-hybridized carbons (Fsp3) is 0.294. The molecule has 1 heterocycles. The summed E-state index contributed by atoms with van der Waals surface area (Å²) in [5.41, 5.74) is 2.39. The summed E-state index contributed by atoms with van der Waals surface area (Å²) in [6, 6.07) is 10.3. The van der Waals surface area contributed by atoms with Gasteiger partial charge in [0.15, 0.2) is 0 Å². The van der Waals surface area contributed by atoms with Crippen LogP contribution in [0, 0.1) is 0 Å². The lowest BCUT2D eigenvalue weighted by molar-refractivity contribution is -0.131. The van der Waals surface area contributed by atoms with Crippen molar-refractivity contribution >= 4 is 5.97 Å². The third-order valence-electron chi connectivity index (χ3n) is 3.35. The molecule has 21 heavy (non-hydrogen) atoms. The van der Waals surface area contributed by atoms with Crippen LogP contribution in [0.2, 0.25) is 0 Å². The number of imidazole rings is 1. The van der Waals surface area contributed by atoms with Crippen molar-refractivity contribution in [2.75, 3.05) is 0 Å². The molecule has 2 rings (SSSR count). The molecule has 110 valence electrons. The van der Waals surface area contributed by atoms with E-state index < -0.39 is 5.97 Å². The molecule has 1 aromatic carbocycles. The third-order valence-corrected chi connectivity index (χ3v) is 3.35. The van der Waals surface area contributed by atoms with Gasteiger partial charge >= 0.3 is 5.97 Å². The molecular weight excluding hydrogens is 264 g/mol. The minimum Gasteiger partial charge on any atom is -0.478 e. The molecule has 0 atom stereocenters. The monoisotopic (exact) mass is 284 g/mol. The lowest BCUT2D eigenvalue weighted by Crippen LogP contribution is -2.08. The number of carboxylic acids is 1. The molecule has 0 radical (unpaired) electrons. The van der Waals surface area contributed by atoms with Crippen LogP contribution in [0.1, 0.15) is 30.4 Å². The maximum atomic E-state index is 10.5. The first-order valence-corrected chi connectivity index (χ1v) is 7.17. The highest BCUT2D eigenvalue weighted by molar-refractivity contribution is 5.79. The van der Waals surface area contributed by atoms with Gasteiger partial charge in [-0.05, 0) is 18.4 Å². The van der Waals surface area contributed by atoms with Crippen molar-refractivity contribution in [3.05, 3.63) is 65.8 Å². The molecule has 0 saturated heterocycles. The summed E-state index contributed by atoms with van der Waals surface area (Å²) in [5, 5.41) is 8.60. The Morgan fingerprint density at radius 1 is 1.33 bits per heavy atom. The van der Waals surface area contributed by atoms with Crippen LogP contribution < -0.4 is 0 Å². The number of hydrogen-bond donors (Lipinski definition) is 1. The van der Waals surface area contributed by atoms with Crippen LogP contribution in [-0.2, 0) is 24.2 Å². The van der Waals surface area contributed by atoms with Crippen LogP contribution in [0.15, 0.2) is 48.7 Å². The summed E-state index contributed by atoms with van der Waals surface area (Å²) in [5.74, 6) is 0.165. The first kappa shape index (κ1) is 15.0. The molecule has 0 unspecified atom stereocenters. The maximum absolute atomic E-state index is 10.5. The summed E-state index contributed by atoms with van der Waals surface area (Å²) >= 11 is 0. The van der Waals surface area contributed by atoms with Crippen LogP contribution in [-0.4, -0.2) is 20.6 Å². The van der Waals surface area contributed by atoms with Crippen molar-refractivity contribution in [1.82, 2.24) is 9.55 Å². The first-order chi connectivity index (χ1) is 10.2. The standard InChI is InChI=1S/C17H20N2O2/c1-2-16-18-12-15(10-6-7-11-17(20)21)19(16)13-14-8-4-3-5-9-14/h3-5,7-9,11-12H,2,6,10,13H2,1H3,(H,20,21). The van der Waals surface area contributed by atoms with Crippen molar-refractivity contribution in [2.24, 2.45) is 0 Å². The second-order valence-corrected chi connectivity index (χ2v) is 4.87. The number of allylic oxidation sites excluding steroid dienone is 1. The van der Waals surface area contributed by atoms with E-state index in [1.807, 2.05) is 24.4 Å². The molecule has 0 aliphatic heterocycles. The highest BCUT2D eigenvalue weighted by atomic mass is 16.4. The molecule has 0 aliphatic rings. The van der Waals surface area contributed by atoms with Gasteiger partial charge in [-0.3, -0.25) is 0 Å². The molecule has 4 nitrogen and oxygen atoms in total. The van der Waals surface area contributed by atoms with Crippen LogP contribution >= 0.6 is 0 Å². The van der Waals surface area contributed by atoms with Gasteiger partial charge in [0, 0.05) is 30.9 Å². The predicted molar refractivity (Wildman–Crippen MR) is 82.2 cm³/mol. The molecule has 2 aromatic rings. The summed E-state index contributed by atoms with van der Waals surface area (Å²) in [6.07, 6.45) is 7.17. The van der Waals surface area contributed by atoms with E-state index in [-0.39, 0.29) is 0 Å². The molecule has 1 N–H and O–H groups in total. The molecule has 4 heteroatoms. The van der Waals surface area contributed by atoms with Gasteiger partial charge in [-0.15, -0.1) is 0 Å². The summed E-state index contributed by atoms with van der Waals surface area (Å²) in [7, 11) is 0. The predicted octanol–water partition coefficient (Wildman–Crippen LogP) is 3.07. The zero-order valence-electron chi connectivity index (χ0n) is 12.2. The molecule has 0 amide bonds. The number of hydrogen-bond acceptors (Lipinski definition) is 2. The Labute approximate surface area is 124 Å². The number of aromatic nitrogens is 2. The Bertz CT molecular complexity index is 615. The van der Waals surface area contributed by atoms with Gasteiger partial charge in [0.2, 0.25) is 0 Å². The van der Waals surface area contributed by atoms with Gasteiger partial charge in [-0.25, -0.2) is 9.78 Å². The summed E-state index contributed by atoms with van der Waals surface area (Å²) in [4.78, 5) is 14.9. The van der Waals surface area contributed by atoms with Gasteiger partial charge in [-0.1, -0.05) is 43.3 Å². The number of carbonyl (C=O) groups is 1. The van der Waals surface area contributed by atoms with Crippen LogP contribution in [0.25, 0.3) is 0 Å². The van der Waals surface area contributed by atoms with E-state index in [4.69, 9.17) is 5.11 Å². The Morgan fingerprint density at radius 2 is 2.10 bits per heavy atom. The number of rotatable bonds is 7. The Kier molecular flexibility index (Phi) is 5.32. The SMILES string of the molecule is CCc1ncc(CCC=CC(=O)O)n1Cc1ccccc1. The number of nitrogens with zero attached hydrogens (tertiary/aromatic N) is 2. The molecule has 0 aliphatic carbocycles. The number of aryl methyl sites for hydroxylation is 2. The number of carboxylic acid groups (broad SMARTS) is 1. The Hall–Kier alpha value is -2.36. The maximum Gasteiger partial charge on any atom is 0.327 e. The fourth-order valence-corrected chi connectivity index (χ4v) is 2.31. The van der Waals surface area contributed by atoms with Crippen molar-refractivity contribution < 1.29 is 9.90 Å². The second-order valence-electron chi connectivity index (χ2n) is 4.87. The zero-order chi connectivity index (χ0) is 15.1. The molecule has 0 spiro atoms.